The number of benzene rings is 1. The first-order valence-corrected chi connectivity index (χ1v) is 8.53. The van der Waals surface area contributed by atoms with Crippen LogP contribution in [0.4, 0.5) is 0 Å². The maximum absolute atomic E-state index is 12.9. The first-order chi connectivity index (χ1) is 10.6. The normalized spacial score (nSPS) is 29.4. The number of Topliss-reactive ketones (excluding diaryl/α,β-unsaturated/α-hetero) is 2. The predicted octanol–water partition coefficient (Wildman–Crippen LogP) is 3.90. The quantitative estimate of drug-likeness (QED) is 0.800. The number of hydrogen-bond acceptors (Lipinski definition) is 3. The number of aromatic hydroxyl groups is 1. The maximum atomic E-state index is 12.9. The molecular weight excluding hydrogens is 288 g/mol. The fraction of sp³-hybridized carbons (Fsp3) is 0.600. The lowest BCUT2D eigenvalue weighted by molar-refractivity contribution is -0.147. The van der Waals surface area contributed by atoms with Crippen LogP contribution in [0.1, 0.15) is 70.1 Å². The van der Waals surface area contributed by atoms with Crippen LogP contribution < -0.4 is 0 Å². The van der Waals surface area contributed by atoms with E-state index in [0.717, 1.165) is 29.5 Å². The van der Waals surface area contributed by atoms with Crippen molar-refractivity contribution in [2.45, 2.75) is 65.2 Å². The molecule has 1 saturated carbocycles. The zero-order valence-electron chi connectivity index (χ0n) is 14.7. The number of phenolic OH excluding ortho intramolecular Hbond substituents is 1. The van der Waals surface area contributed by atoms with Crippen molar-refractivity contribution >= 4 is 11.6 Å². The molecule has 0 aliphatic heterocycles. The first kappa shape index (κ1) is 16.2. The first-order valence-electron chi connectivity index (χ1n) is 8.53. The van der Waals surface area contributed by atoms with Crippen LogP contribution in [0, 0.1) is 11.3 Å². The van der Waals surface area contributed by atoms with Crippen LogP contribution in [0.3, 0.4) is 0 Å². The molecule has 1 N–H and O–H groups in total. The van der Waals surface area contributed by atoms with E-state index in [1.807, 2.05) is 26.8 Å². The third kappa shape index (κ3) is 2.02. The van der Waals surface area contributed by atoms with Gasteiger partial charge < -0.3 is 5.11 Å². The molecule has 2 aliphatic rings. The van der Waals surface area contributed by atoms with Crippen molar-refractivity contribution in [3.63, 3.8) is 0 Å². The highest BCUT2D eigenvalue weighted by Crippen LogP contribution is 2.55. The Kier molecular flexibility index (Phi) is 3.48. The number of carbonyl (C=O) groups is 2. The van der Waals surface area contributed by atoms with Gasteiger partial charge in [0.25, 0.3) is 0 Å². The molecule has 0 bridgehead atoms. The molecule has 2 atom stereocenters. The average Bonchev–Trinajstić information content (AvgIpc) is 2.44. The molecule has 1 fully saturated rings. The molecule has 0 saturated heterocycles. The van der Waals surface area contributed by atoms with E-state index in [-0.39, 0.29) is 29.8 Å². The molecule has 2 aliphatic carbocycles. The van der Waals surface area contributed by atoms with Crippen molar-refractivity contribution in [2.75, 3.05) is 0 Å². The van der Waals surface area contributed by atoms with Gasteiger partial charge in [0.2, 0.25) is 0 Å². The van der Waals surface area contributed by atoms with Gasteiger partial charge in [-0.25, -0.2) is 0 Å². The lowest BCUT2D eigenvalue weighted by Crippen LogP contribution is -2.57. The fourth-order valence-corrected chi connectivity index (χ4v) is 5.00. The molecule has 0 radical (unpaired) electrons. The number of carbonyl (C=O) groups excluding carboxylic acids is 2. The summed E-state index contributed by atoms with van der Waals surface area (Å²) in [6.07, 6.45) is 1.66. The number of rotatable bonds is 1. The summed E-state index contributed by atoms with van der Waals surface area (Å²) in [6.45, 7) is 10.1. The molecule has 0 amide bonds. The van der Waals surface area contributed by atoms with Gasteiger partial charge in [0.05, 0.1) is 11.8 Å². The lowest BCUT2D eigenvalue weighted by Gasteiger charge is -2.52. The smallest absolute Gasteiger partial charge is 0.150 e. The predicted molar refractivity (Wildman–Crippen MR) is 89.8 cm³/mol. The Morgan fingerprint density at radius 2 is 1.78 bits per heavy atom. The van der Waals surface area contributed by atoms with Crippen LogP contribution in [0.25, 0.3) is 0 Å². The SMILES string of the molecule is CC(C)c1c(O)ccc2c1CC[C@H]1C(C)(C)C(=O)CC(=O)[C@]21C. The van der Waals surface area contributed by atoms with E-state index < -0.39 is 10.8 Å². The topological polar surface area (TPSA) is 54.4 Å². The fourth-order valence-electron chi connectivity index (χ4n) is 5.00. The van der Waals surface area contributed by atoms with E-state index in [4.69, 9.17) is 0 Å². The molecule has 0 spiro atoms. The summed E-state index contributed by atoms with van der Waals surface area (Å²) in [5.41, 5.74) is 2.02. The van der Waals surface area contributed by atoms with E-state index in [9.17, 15) is 14.7 Å². The molecule has 3 rings (SSSR count). The van der Waals surface area contributed by atoms with Crippen molar-refractivity contribution in [3.8, 4) is 5.75 Å². The molecule has 0 aromatic heterocycles. The number of hydrogen-bond donors (Lipinski definition) is 1. The highest BCUT2D eigenvalue weighted by atomic mass is 16.3. The van der Waals surface area contributed by atoms with E-state index in [0.29, 0.717) is 5.75 Å². The van der Waals surface area contributed by atoms with Crippen LogP contribution in [-0.4, -0.2) is 16.7 Å². The van der Waals surface area contributed by atoms with Gasteiger partial charge in [-0.15, -0.1) is 0 Å². The van der Waals surface area contributed by atoms with Crippen LogP contribution in [0.5, 0.6) is 5.75 Å². The van der Waals surface area contributed by atoms with Gasteiger partial charge in [0, 0.05) is 5.41 Å². The van der Waals surface area contributed by atoms with E-state index in [1.54, 1.807) is 6.07 Å². The van der Waals surface area contributed by atoms with E-state index in [1.165, 1.54) is 0 Å². The number of phenols is 1. The van der Waals surface area contributed by atoms with Crippen LogP contribution in [0.15, 0.2) is 12.1 Å². The van der Waals surface area contributed by atoms with Crippen molar-refractivity contribution in [1.29, 1.82) is 0 Å². The molecule has 23 heavy (non-hydrogen) atoms. The zero-order chi connectivity index (χ0) is 17.2. The largest absolute Gasteiger partial charge is 0.508 e. The van der Waals surface area contributed by atoms with Gasteiger partial charge in [0.15, 0.2) is 5.78 Å². The molecule has 3 nitrogen and oxygen atoms in total. The summed E-state index contributed by atoms with van der Waals surface area (Å²) in [7, 11) is 0. The molecule has 1 aromatic rings. The third-order valence-electron chi connectivity index (χ3n) is 6.34. The summed E-state index contributed by atoms with van der Waals surface area (Å²) in [6, 6.07) is 3.63. The van der Waals surface area contributed by atoms with Crippen LogP contribution in [0.2, 0.25) is 0 Å². The molecule has 3 heteroatoms. The molecule has 0 heterocycles. The van der Waals surface area contributed by atoms with E-state index in [2.05, 4.69) is 13.8 Å². The van der Waals surface area contributed by atoms with E-state index >= 15 is 0 Å². The third-order valence-corrected chi connectivity index (χ3v) is 6.34. The van der Waals surface area contributed by atoms with Crippen molar-refractivity contribution in [2.24, 2.45) is 11.3 Å². The zero-order valence-corrected chi connectivity index (χ0v) is 14.7. The summed E-state index contributed by atoms with van der Waals surface area (Å²) in [5.74, 6) is 0.656. The minimum absolute atomic E-state index is 0.0251. The van der Waals surface area contributed by atoms with Crippen molar-refractivity contribution in [1.82, 2.24) is 0 Å². The van der Waals surface area contributed by atoms with Gasteiger partial charge in [-0.2, -0.15) is 0 Å². The van der Waals surface area contributed by atoms with Crippen molar-refractivity contribution in [3.05, 3.63) is 28.8 Å². The molecule has 0 unspecified atom stereocenters. The Hall–Kier alpha value is -1.64. The van der Waals surface area contributed by atoms with Crippen molar-refractivity contribution < 1.29 is 14.7 Å². The second kappa shape index (κ2) is 4.93. The van der Waals surface area contributed by atoms with Gasteiger partial charge in [-0.05, 0) is 54.4 Å². The van der Waals surface area contributed by atoms with Gasteiger partial charge in [-0.1, -0.05) is 33.8 Å². The lowest BCUT2D eigenvalue weighted by atomic mass is 9.49. The highest BCUT2D eigenvalue weighted by molar-refractivity contribution is 6.09. The Balaban J connectivity index is 2.26. The Labute approximate surface area is 138 Å². The second-order valence-corrected chi connectivity index (χ2v) is 8.22. The molecule has 1 aromatic carbocycles. The Morgan fingerprint density at radius 1 is 1.13 bits per heavy atom. The summed E-state index contributed by atoms with van der Waals surface area (Å²) < 4.78 is 0. The maximum Gasteiger partial charge on any atom is 0.150 e. The summed E-state index contributed by atoms with van der Waals surface area (Å²) in [5, 5.41) is 10.3. The summed E-state index contributed by atoms with van der Waals surface area (Å²) >= 11 is 0. The van der Waals surface area contributed by atoms with Crippen LogP contribution >= 0.6 is 0 Å². The van der Waals surface area contributed by atoms with Gasteiger partial charge in [0.1, 0.15) is 11.5 Å². The minimum Gasteiger partial charge on any atom is -0.508 e. The molecule has 124 valence electrons. The molecular formula is C20H26O3. The van der Waals surface area contributed by atoms with Gasteiger partial charge in [-0.3, -0.25) is 9.59 Å². The van der Waals surface area contributed by atoms with Crippen LogP contribution in [-0.2, 0) is 21.4 Å². The Bertz CT molecular complexity index is 699. The Morgan fingerprint density at radius 3 is 2.39 bits per heavy atom. The number of ketones is 2. The van der Waals surface area contributed by atoms with Gasteiger partial charge >= 0.3 is 0 Å². The highest BCUT2D eigenvalue weighted by Gasteiger charge is 2.58. The number of fused-ring (bicyclic) bond motifs is 3. The average molecular weight is 314 g/mol. The standard InChI is InChI=1S/C20H26O3/c1-11(2)18-12-6-9-15-19(3,4)16(22)10-17(23)20(15,5)13(12)7-8-14(18)21/h7-8,11,15,21H,6,9-10H2,1-5H3/t15-,20+/m0/s1. The second-order valence-electron chi connectivity index (χ2n) is 8.22. The monoisotopic (exact) mass is 314 g/mol. The minimum atomic E-state index is -0.623. The summed E-state index contributed by atoms with van der Waals surface area (Å²) in [4.78, 5) is 25.3.